The number of methoxy groups -OCH3 is 1. The van der Waals surface area contributed by atoms with Crippen LogP contribution in [0.3, 0.4) is 0 Å². The third-order valence-electron chi connectivity index (χ3n) is 4.62. The summed E-state index contributed by atoms with van der Waals surface area (Å²) in [5.74, 6) is 0.205. The molecule has 5 nitrogen and oxygen atoms in total. The van der Waals surface area contributed by atoms with Gasteiger partial charge >= 0.3 is 0 Å². The zero-order chi connectivity index (χ0) is 18.8. The number of aryl methyl sites for hydroxylation is 1. The first-order valence-electron chi connectivity index (χ1n) is 8.65. The molecule has 27 heavy (non-hydrogen) atoms. The quantitative estimate of drug-likeness (QED) is 0.420. The fourth-order valence-electron chi connectivity index (χ4n) is 3.25. The highest BCUT2D eigenvalue weighted by molar-refractivity contribution is 6.03. The maximum atomic E-state index is 12.6. The van der Waals surface area contributed by atoms with Crippen molar-refractivity contribution < 1.29 is 9.53 Å². The molecule has 4 aromatic rings. The van der Waals surface area contributed by atoms with Crippen molar-refractivity contribution in [1.82, 2.24) is 10.4 Å². The number of aromatic amines is 1. The third kappa shape index (κ3) is 3.15. The van der Waals surface area contributed by atoms with Crippen LogP contribution in [-0.4, -0.2) is 24.2 Å². The minimum Gasteiger partial charge on any atom is -0.496 e. The number of hydrazone groups is 1. The largest absolute Gasteiger partial charge is 0.496 e. The molecule has 0 spiro atoms. The van der Waals surface area contributed by atoms with E-state index in [1.807, 2.05) is 67.6 Å². The molecule has 3 aromatic carbocycles. The lowest BCUT2D eigenvalue weighted by Gasteiger charge is -2.09. The Morgan fingerprint density at radius 2 is 1.78 bits per heavy atom. The van der Waals surface area contributed by atoms with Crippen LogP contribution < -0.4 is 10.2 Å². The normalized spacial score (nSPS) is 11.3. The Kier molecular flexibility index (Phi) is 4.34. The lowest BCUT2D eigenvalue weighted by Crippen LogP contribution is -2.18. The van der Waals surface area contributed by atoms with E-state index in [1.54, 1.807) is 13.3 Å². The van der Waals surface area contributed by atoms with Gasteiger partial charge in [-0.15, -0.1) is 0 Å². The summed E-state index contributed by atoms with van der Waals surface area (Å²) in [6.45, 7) is 1.98. The lowest BCUT2D eigenvalue weighted by molar-refractivity contribution is 0.0952. The van der Waals surface area contributed by atoms with Gasteiger partial charge in [0.1, 0.15) is 5.75 Å². The summed E-state index contributed by atoms with van der Waals surface area (Å²) in [6, 6.07) is 19.5. The molecule has 0 aliphatic heterocycles. The second-order valence-electron chi connectivity index (χ2n) is 6.31. The molecule has 0 saturated carbocycles. The average Bonchev–Trinajstić information content (AvgIpc) is 3.02. The molecule has 5 heteroatoms. The molecule has 134 valence electrons. The van der Waals surface area contributed by atoms with Crippen LogP contribution in [0, 0.1) is 6.92 Å². The van der Waals surface area contributed by atoms with Crippen molar-refractivity contribution in [3.05, 3.63) is 77.5 Å². The molecule has 1 amide bonds. The molecule has 0 fully saturated rings. The smallest absolute Gasteiger partial charge is 0.275 e. The van der Waals surface area contributed by atoms with Crippen LogP contribution in [0.25, 0.3) is 21.7 Å². The van der Waals surface area contributed by atoms with E-state index >= 15 is 0 Å². The van der Waals surface area contributed by atoms with Gasteiger partial charge in [0.05, 0.1) is 18.9 Å². The number of nitrogens with zero attached hydrogens (tertiary/aromatic N) is 1. The first-order valence-corrected chi connectivity index (χ1v) is 8.65. The van der Waals surface area contributed by atoms with E-state index < -0.39 is 0 Å². The van der Waals surface area contributed by atoms with E-state index in [0.717, 1.165) is 32.9 Å². The van der Waals surface area contributed by atoms with Crippen molar-refractivity contribution >= 4 is 33.8 Å². The number of nitrogens with one attached hydrogen (secondary N) is 2. The summed E-state index contributed by atoms with van der Waals surface area (Å²) >= 11 is 0. The maximum absolute atomic E-state index is 12.6. The minimum absolute atomic E-state index is 0.314. The number of carbonyl (C=O) groups excluding carboxylic acids is 1. The minimum atomic E-state index is -0.314. The van der Waals surface area contributed by atoms with Gasteiger partial charge in [-0.1, -0.05) is 42.5 Å². The fourth-order valence-corrected chi connectivity index (χ4v) is 3.25. The predicted octanol–water partition coefficient (Wildman–Crippen LogP) is 4.40. The molecule has 0 saturated heterocycles. The molecule has 0 aliphatic carbocycles. The van der Waals surface area contributed by atoms with Crippen LogP contribution in [0.2, 0.25) is 0 Å². The van der Waals surface area contributed by atoms with Crippen LogP contribution in [0.1, 0.15) is 21.6 Å². The molecule has 1 heterocycles. The Morgan fingerprint density at radius 1 is 1.07 bits per heavy atom. The number of carbonyl (C=O) groups is 1. The van der Waals surface area contributed by atoms with Crippen molar-refractivity contribution in [2.24, 2.45) is 5.10 Å². The van der Waals surface area contributed by atoms with E-state index in [9.17, 15) is 4.79 Å². The summed E-state index contributed by atoms with van der Waals surface area (Å²) in [5.41, 5.74) is 6.05. The second kappa shape index (κ2) is 6.96. The molecular weight excluding hydrogens is 338 g/mol. The van der Waals surface area contributed by atoms with Crippen LogP contribution >= 0.6 is 0 Å². The summed E-state index contributed by atoms with van der Waals surface area (Å²) in [5, 5.41) is 7.21. The fraction of sp³-hybridized carbons (Fsp3) is 0.0909. The van der Waals surface area contributed by atoms with E-state index in [1.165, 1.54) is 0 Å². The standard InChI is InChI=1S/C22H19N3O2/c1-14-19(17-9-5-6-10-20(17)24-14)13-23-25-22(26)18-11-15-7-3-4-8-16(15)12-21(18)27-2/h3-13,24H,1-2H3,(H,25,26)/b23-13-. The predicted molar refractivity (Wildman–Crippen MR) is 109 cm³/mol. The van der Waals surface area contributed by atoms with Crippen molar-refractivity contribution in [3.63, 3.8) is 0 Å². The van der Waals surface area contributed by atoms with E-state index in [-0.39, 0.29) is 5.91 Å². The number of para-hydroxylation sites is 1. The SMILES string of the molecule is COc1cc2ccccc2cc1C(=O)N/N=C\c1c(C)[nH]c2ccccc12. The average molecular weight is 357 g/mol. The van der Waals surface area contributed by atoms with Crippen molar-refractivity contribution in [1.29, 1.82) is 0 Å². The van der Waals surface area contributed by atoms with Gasteiger partial charge in [0.25, 0.3) is 5.91 Å². The van der Waals surface area contributed by atoms with Gasteiger partial charge in [0.2, 0.25) is 0 Å². The van der Waals surface area contributed by atoms with E-state index in [0.29, 0.717) is 11.3 Å². The number of hydrogen-bond donors (Lipinski definition) is 2. The number of hydrogen-bond acceptors (Lipinski definition) is 3. The second-order valence-corrected chi connectivity index (χ2v) is 6.31. The highest BCUT2D eigenvalue weighted by atomic mass is 16.5. The van der Waals surface area contributed by atoms with Gasteiger partial charge in [-0.2, -0.15) is 5.10 Å². The van der Waals surface area contributed by atoms with Gasteiger partial charge in [0.15, 0.2) is 0 Å². The zero-order valence-electron chi connectivity index (χ0n) is 15.1. The van der Waals surface area contributed by atoms with Gasteiger partial charge < -0.3 is 9.72 Å². The molecule has 0 bridgehead atoms. The summed E-state index contributed by atoms with van der Waals surface area (Å²) < 4.78 is 5.39. The highest BCUT2D eigenvalue weighted by Gasteiger charge is 2.13. The zero-order valence-corrected chi connectivity index (χ0v) is 15.1. The lowest BCUT2D eigenvalue weighted by atomic mass is 10.1. The summed E-state index contributed by atoms with van der Waals surface area (Å²) in [4.78, 5) is 15.9. The van der Waals surface area contributed by atoms with Crippen LogP contribution in [0.15, 0.2) is 65.8 Å². The Bertz CT molecular complexity index is 1170. The number of aromatic nitrogens is 1. The number of amides is 1. The highest BCUT2D eigenvalue weighted by Crippen LogP contribution is 2.26. The molecule has 0 unspecified atom stereocenters. The first kappa shape index (κ1) is 16.8. The van der Waals surface area contributed by atoms with Crippen LogP contribution in [0.5, 0.6) is 5.75 Å². The topological polar surface area (TPSA) is 66.5 Å². The monoisotopic (exact) mass is 357 g/mol. The Balaban J connectivity index is 1.61. The van der Waals surface area contributed by atoms with Crippen LogP contribution in [-0.2, 0) is 0 Å². The number of fused-ring (bicyclic) bond motifs is 2. The Hall–Kier alpha value is -3.60. The molecule has 4 rings (SSSR count). The van der Waals surface area contributed by atoms with Crippen molar-refractivity contribution in [2.75, 3.05) is 7.11 Å². The van der Waals surface area contributed by atoms with Gasteiger partial charge in [0, 0.05) is 22.2 Å². The molecule has 0 atom stereocenters. The van der Waals surface area contributed by atoms with Crippen molar-refractivity contribution in [3.8, 4) is 5.75 Å². The Labute approximate surface area is 156 Å². The van der Waals surface area contributed by atoms with Crippen molar-refractivity contribution in [2.45, 2.75) is 6.92 Å². The summed E-state index contributed by atoms with van der Waals surface area (Å²) in [6.07, 6.45) is 1.67. The molecule has 2 N–H and O–H groups in total. The number of ether oxygens (including phenoxy) is 1. The summed E-state index contributed by atoms with van der Waals surface area (Å²) in [7, 11) is 1.56. The first-order chi connectivity index (χ1) is 13.2. The number of rotatable bonds is 4. The molecule has 1 aromatic heterocycles. The number of benzene rings is 3. The van der Waals surface area contributed by atoms with E-state index in [4.69, 9.17) is 4.74 Å². The number of H-pyrrole nitrogens is 1. The van der Waals surface area contributed by atoms with Crippen LogP contribution in [0.4, 0.5) is 0 Å². The van der Waals surface area contributed by atoms with Gasteiger partial charge in [-0.25, -0.2) is 5.43 Å². The molecular formula is C22H19N3O2. The third-order valence-corrected chi connectivity index (χ3v) is 4.62. The molecule has 0 aliphatic rings. The van der Waals surface area contributed by atoms with Gasteiger partial charge in [-0.3, -0.25) is 4.79 Å². The van der Waals surface area contributed by atoms with E-state index in [2.05, 4.69) is 15.5 Å². The Morgan fingerprint density at radius 3 is 2.56 bits per heavy atom. The van der Waals surface area contributed by atoms with Gasteiger partial charge in [-0.05, 0) is 35.9 Å². The molecule has 0 radical (unpaired) electrons. The maximum Gasteiger partial charge on any atom is 0.275 e.